The van der Waals surface area contributed by atoms with E-state index in [9.17, 15) is 0 Å². The maximum absolute atomic E-state index is 8.79. The first-order valence-corrected chi connectivity index (χ1v) is 2.65. The quantitative estimate of drug-likeness (QED) is 0.339. The first-order chi connectivity index (χ1) is 4.83. The summed E-state index contributed by atoms with van der Waals surface area (Å²) in [4.78, 5) is 3.53. The van der Waals surface area contributed by atoms with Crippen molar-refractivity contribution in [3.05, 3.63) is 23.9 Å². The van der Waals surface area contributed by atoms with Gasteiger partial charge in [0.25, 0.3) is 0 Å². The molecule has 0 unspecified atom stereocenters. The van der Waals surface area contributed by atoms with Crippen LogP contribution in [-0.4, -0.2) is 21.5 Å². The Hall–Kier alpha value is -1.58. The molecule has 0 aromatic carbocycles. The molecule has 0 spiro atoms. The molecule has 4 nitrogen and oxygen atoms in total. The molecule has 4 heteroatoms. The van der Waals surface area contributed by atoms with Gasteiger partial charge in [-0.1, -0.05) is 5.16 Å². The lowest BCUT2D eigenvalue weighted by Crippen LogP contribution is -1.81. The predicted octanol–water partition coefficient (Wildman–Crippen LogP) is 0.595. The molecule has 0 aliphatic heterocycles. The molecule has 0 bridgehead atoms. The van der Waals surface area contributed by atoms with E-state index in [2.05, 4.69) is 10.1 Å². The van der Waals surface area contributed by atoms with Crippen molar-refractivity contribution >= 4 is 6.21 Å². The zero-order chi connectivity index (χ0) is 7.40. The van der Waals surface area contributed by atoms with Gasteiger partial charge < -0.3 is 10.3 Å². The summed E-state index contributed by atoms with van der Waals surface area (Å²) in [5.74, 6) is -0.0857. The van der Waals surface area contributed by atoms with Gasteiger partial charge in [0, 0.05) is 17.8 Å². The zero-order valence-electron chi connectivity index (χ0n) is 5.10. The van der Waals surface area contributed by atoms with Crippen molar-refractivity contribution in [2.75, 3.05) is 0 Å². The molecule has 0 aliphatic rings. The minimum absolute atomic E-state index is 0.0857. The highest BCUT2D eigenvalue weighted by atomic mass is 16.4. The third-order valence-corrected chi connectivity index (χ3v) is 0.976. The van der Waals surface area contributed by atoms with E-state index in [1.165, 1.54) is 18.5 Å². The predicted molar refractivity (Wildman–Crippen MR) is 35.3 cm³/mol. The second-order valence-corrected chi connectivity index (χ2v) is 1.69. The second kappa shape index (κ2) is 2.82. The highest BCUT2D eigenvalue weighted by molar-refractivity contribution is 5.79. The van der Waals surface area contributed by atoms with Crippen LogP contribution in [0.1, 0.15) is 5.56 Å². The van der Waals surface area contributed by atoms with Crippen LogP contribution in [0.2, 0.25) is 0 Å². The number of aromatic hydroxyl groups is 1. The average molecular weight is 138 g/mol. The molecule has 0 amide bonds. The molecule has 0 saturated carbocycles. The molecule has 0 atom stereocenters. The Morgan fingerprint density at radius 2 is 2.40 bits per heavy atom. The van der Waals surface area contributed by atoms with Crippen LogP contribution in [-0.2, 0) is 0 Å². The summed E-state index contributed by atoms with van der Waals surface area (Å²) in [6, 6.07) is 3.00. The fraction of sp³-hybridized carbons (Fsp3) is 0. The summed E-state index contributed by atoms with van der Waals surface area (Å²) >= 11 is 0. The van der Waals surface area contributed by atoms with Gasteiger partial charge in [-0.25, -0.2) is 4.98 Å². The molecule has 1 rings (SSSR count). The molecule has 0 aliphatic carbocycles. The van der Waals surface area contributed by atoms with Gasteiger partial charge in [0.1, 0.15) is 0 Å². The van der Waals surface area contributed by atoms with Gasteiger partial charge in [0.2, 0.25) is 5.88 Å². The summed E-state index contributed by atoms with van der Waals surface area (Å²) in [6.07, 6.45) is 2.63. The van der Waals surface area contributed by atoms with Crippen molar-refractivity contribution < 1.29 is 10.3 Å². The molecule has 10 heavy (non-hydrogen) atoms. The summed E-state index contributed by atoms with van der Waals surface area (Å²) < 4.78 is 0. The average Bonchev–Trinajstić information content (AvgIpc) is 1.88. The molecule has 1 aromatic heterocycles. The van der Waals surface area contributed by atoms with Crippen molar-refractivity contribution in [1.82, 2.24) is 4.98 Å². The van der Waals surface area contributed by atoms with E-state index in [0.717, 1.165) is 0 Å². The van der Waals surface area contributed by atoms with E-state index in [1.54, 1.807) is 6.07 Å². The van der Waals surface area contributed by atoms with Crippen molar-refractivity contribution in [1.29, 1.82) is 0 Å². The fourth-order valence-corrected chi connectivity index (χ4v) is 0.581. The molecule has 1 heterocycles. The number of nitrogens with zero attached hydrogens (tertiary/aromatic N) is 2. The summed E-state index contributed by atoms with van der Waals surface area (Å²) in [5.41, 5.74) is 0.606. The lowest BCUT2D eigenvalue weighted by atomic mass is 10.3. The lowest BCUT2D eigenvalue weighted by molar-refractivity contribution is 0.322. The zero-order valence-corrected chi connectivity index (χ0v) is 5.10. The number of hydrogen-bond donors (Lipinski definition) is 2. The Labute approximate surface area is 57.5 Å². The SMILES string of the molecule is O/N=C\c1ccnc(O)c1. The number of pyridine rings is 1. The van der Waals surface area contributed by atoms with Gasteiger partial charge in [0.05, 0.1) is 6.21 Å². The van der Waals surface area contributed by atoms with Crippen molar-refractivity contribution in [3.8, 4) is 5.88 Å². The molecule has 0 saturated heterocycles. The minimum Gasteiger partial charge on any atom is -0.493 e. The molecule has 0 fully saturated rings. The Morgan fingerprint density at radius 3 is 3.00 bits per heavy atom. The topological polar surface area (TPSA) is 65.7 Å². The first kappa shape index (κ1) is 6.54. The Balaban J connectivity index is 2.95. The standard InChI is InChI=1S/C6H6N2O2/c9-6-3-5(4-8-10)1-2-7-6/h1-4,10H,(H,7,9)/b8-4-. The molecule has 2 N–H and O–H groups in total. The van der Waals surface area contributed by atoms with Crippen LogP contribution in [0.15, 0.2) is 23.5 Å². The number of oxime groups is 1. The first-order valence-electron chi connectivity index (χ1n) is 2.65. The highest BCUT2D eigenvalue weighted by Gasteiger charge is 1.89. The molecular weight excluding hydrogens is 132 g/mol. The van der Waals surface area contributed by atoms with E-state index in [-0.39, 0.29) is 5.88 Å². The van der Waals surface area contributed by atoms with Crippen molar-refractivity contribution in [3.63, 3.8) is 0 Å². The fourth-order valence-electron chi connectivity index (χ4n) is 0.581. The van der Waals surface area contributed by atoms with E-state index < -0.39 is 0 Å². The van der Waals surface area contributed by atoms with Crippen LogP contribution in [0.5, 0.6) is 5.88 Å². The third-order valence-electron chi connectivity index (χ3n) is 0.976. The molecule has 0 radical (unpaired) electrons. The van der Waals surface area contributed by atoms with Crippen LogP contribution < -0.4 is 0 Å². The lowest BCUT2D eigenvalue weighted by Gasteiger charge is -1.90. The maximum Gasteiger partial charge on any atom is 0.211 e. The van der Waals surface area contributed by atoms with Gasteiger partial charge in [-0.15, -0.1) is 0 Å². The smallest absolute Gasteiger partial charge is 0.211 e. The third kappa shape index (κ3) is 1.45. The van der Waals surface area contributed by atoms with E-state index in [0.29, 0.717) is 5.56 Å². The normalized spacial score (nSPS) is 10.4. The van der Waals surface area contributed by atoms with Crippen LogP contribution in [0.25, 0.3) is 0 Å². The van der Waals surface area contributed by atoms with E-state index >= 15 is 0 Å². The number of aromatic nitrogens is 1. The van der Waals surface area contributed by atoms with E-state index in [4.69, 9.17) is 10.3 Å². The van der Waals surface area contributed by atoms with Gasteiger partial charge in [-0.3, -0.25) is 0 Å². The van der Waals surface area contributed by atoms with Gasteiger partial charge in [-0.2, -0.15) is 0 Å². The van der Waals surface area contributed by atoms with Gasteiger partial charge >= 0.3 is 0 Å². The summed E-state index contributed by atoms with van der Waals surface area (Å²) in [6.45, 7) is 0. The van der Waals surface area contributed by atoms with Crippen molar-refractivity contribution in [2.45, 2.75) is 0 Å². The Morgan fingerprint density at radius 1 is 1.60 bits per heavy atom. The largest absolute Gasteiger partial charge is 0.493 e. The van der Waals surface area contributed by atoms with Crippen LogP contribution in [0.3, 0.4) is 0 Å². The van der Waals surface area contributed by atoms with E-state index in [1.807, 2.05) is 0 Å². The van der Waals surface area contributed by atoms with Crippen LogP contribution in [0.4, 0.5) is 0 Å². The van der Waals surface area contributed by atoms with Crippen LogP contribution in [0, 0.1) is 0 Å². The number of hydrogen-bond acceptors (Lipinski definition) is 4. The summed E-state index contributed by atoms with van der Waals surface area (Å²) in [7, 11) is 0. The van der Waals surface area contributed by atoms with Gasteiger partial charge in [0.15, 0.2) is 0 Å². The maximum atomic E-state index is 8.79. The highest BCUT2D eigenvalue weighted by Crippen LogP contribution is 2.03. The Kier molecular flexibility index (Phi) is 1.84. The molecular formula is C6H6N2O2. The minimum atomic E-state index is -0.0857. The Bertz CT molecular complexity index is 247. The van der Waals surface area contributed by atoms with Gasteiger partial charge in [-0.05, 0) is 6.07 Å². The monoisotopic (exact) mass is 138 g/mol. The van der Waals surface area contributed by atoms with Crippen molar-refractivity contribution in [2.24, 2.45) is 5.16 Å². The molecule has 1 aromatic rings. The van der Waals surface area contributed by atoms with Crippen LogP contribution >= 0.6 is 0 Å². The second-order valence-electron chi connectivity index (χ2n) is 1.69. The molecule has 52 valence electrons. The number of rotatable bonds is 1. The summed E-state index contributed by atoms with van der Waals surface area (Å²) in [5, 5.41) is 19.6.